The topological polar surface area (TPSA) is 9.23 Å². The number of hydrogen-bond acceptors (Lipinski definition) is 1. The van der Waals surface area contributed by atoms with Gasteiger partial charge in [-0.1, -0.05) is 12.1 Å². The van der Waals surface area contributed by atoms with E-state index >= 15 is 0 Å². The lowest BCUT2D eigenvalue weighted by Crippen LogP contribution is -1.98. The zero-order valence-electron chi connectivity index (χ0n) is 10.3. The SMILES string of the molecule is Cc1ccc(C)c(OCc2cc(F)cc(F)c2)c1. The highest BCUT2D eigenvalue weighted by molar-refractivity contribution is 5.36. The Balaban J connectivity index is 2.13. The first-order chi connectivity index (χ1) is 8.54. The zero-order chi connectivity index (χ0) is 13.1. The lowest BCUT2D eigenvalue weighted by atomic mass is 10.1. The van der Waals surface area contributed by atoms with E-state index in [9.17, 15) is 8.78 Å². The third kappa shape index (κ3) is 3.06. The summed E-state index contributed by atoms with van der Waals surface area (Å²) in [5.74, 6) is -0.441. The first kappa shape index (κ1) is 12.6. The van der Waals surface area contributed by atoms with Crippen molar-refractivity contribution in [3.63, 3.8) is 0 Å². The Labute approximate surface area is 105 Å². The summed E-state index contributed by atoms with van der Waals surface area (Å²) in [7, 11) is 0. The molecule has 0 fully saturated rings. The van der Waals surface area contributed by atoms with Gasteiger partial charge < -0.3 is 4.74 Å². The highest BCUT2D eigenvalue weighted by atomic mass is 19.1. The predicted octanol–water partition coefficient (Wildman–Crippen LogP) is 4.16. The molecule has 0 saturated heterocycles. The number of benzene rings is 2. The number of rotatable bonds is 3. The van der Waals surface area contributed by atoms with Gasteiger partial charge in [0.15, 0.2) is 0 Å². The van der Waals surface area contributed by atoms with Gasteiger partial charge in [-0.15, -0.1) is 0 Å². The van der Waals surface area contributed by atoms with Crippen molar-refractivity contribution in [3.05, 3.63) is 64.7 Å². The van der Waals surface area contributed by atoms with E-state index in [1.807, 2.05) is 32.0 Å². The molecule has 0 radical (unpaired) electrons. The van der Waals surface area contributed by atoms with Gasteiger partial charge in [0.05, 0.1) is 0 Å². The van der Waals surface area contributed by atoms with Crippen LogP contribution in [0.15, 0.2) is 36.4 Å². The molecule has 0 atom stereocenters. The Morgan fingerprint density at radius 3 is 2.28 bits per heavy atom. The van der Waals surface area contributed by atoms with Crippen molar-refractivity contribution < 1.29 is 13.5 Å². The van der Waals surface area contributed by atoms with Crippen molar-refractivity contribution in [1.29, 1.82) is 0 Å². The molecule has 0 bridgehead atoms. The molecular formula is C15H14F2O. The van der Waals surface area contributed by atoms with E-state index < -0.39 is 11.6 Å². The molecule has 3 heteroatoms. The molecule has 0 spiro atoms. The first-order valence-electron chi connectivity index (χ1n) is 5.69. The first-order valence-corrected chi connectivity index (χ1v) is 5.69. The second kappa shape index (κ2) is 5.17. The van der Waals surface area contributed by atoms with E-state index in [1.54, 1.807) is 0 Å². The quantitative estimate of drug-likeness (QED) is 0.792. The maximum atomic E-state index is 13.0. The van der Waals surface area contributed by atoms with E-state index in [0.29, 0.717) is 5.56 Å². The summed E-state index contributed by atoms with van der Waals surface area (Å²) in [4.78, 5) is 0. The van der Waals surface area contributed by atoms with Crippen molar-refractivity contribution in [2.45, 2.75) is 20.5 Å². The van der Waals surface area contributed by atoms with Gasteiger partial charge in [0.1, 0.15) is 24.0 Å². The van der Waals surface area contributed by atoms with Crippen molar-refractivity contribution in [2.24, 2.45) is 0 Å². The van der Waals surface area contributed by atoms with Gasteiger partial charge in [-0.25, -0.2) is 8.78 Å². The van der Waals surface area contributed by atoms with Crippen LogP contribution in [0, 0.1) is 25.5 Å². The van der Waals surface area contributed by atoms with Gasteiger partial charge in [-0.3, -0.25) is 0 Å². The molecule has 1 nitrogen and oxygen atoms in total. The molecule has 2 rings (SSSR count). The van der Waals surface area contributed by atoms with Crippen LogP contribution in [-0.4, -0.2) is 0 Å². The van der Waals surface area contributed by atoms with Crippen molar-refractivity contribution in [1.82, 2.24) is 0 Å². The van der Waals surface area contributed by atoms with Gasteiger partial charge in [0.25, 0.3) is 0 Å². The summed E-state index contributed by atoms with van der Waals surface area (Å²) in [6, 6.07) is 9.25. The maximum Gasteiger partial charge on any atom is 0.126 e. The molecule has 0 heterocycles. The molecule has 94 valence electrons. The van der Waals surface area contributed by atoms with Crippen LogP contribution in [0.4, 0.5) is 8.78 Å². The molecule has 0 aliphatic rings. The number of halogens is 2. The maximum absolute atomic E-state index is 13.0. The third-order valence-electron chi connectivity index (χ3n) is 2.66. The summed E-state index contributed by atoms with van der Waals surface area (Å²) in [6.07, 6.45) is 0. The minimum absolute atomic E-state index is 0.152. The molecule has 0 aliphatic heterocycles. The fourth-order valence-electron chi connectivity index (χ4n) is 1.72. The fourth-order valence-corrected chi connectivity index (χ4v) is 1.72. The van der Waals surface area contributed by atoms with Gasteiger partial charge in [-0.2, -0.15) is 0 Å². The molecule has 0 unspecified atom stereocenters. The summed E-state index contributed by atoms with van der Waals surface area (Å²) < 4.78 is 31.6. The molecule has 0 saturated carbocycles. The van der Waals surface area contributed by atoms with Gasteiger partial charge in [0.2, 0.25) is 0 Å². The molecule has 18 heavy (non-hydrogen) atoms. The highest BCUT2D eigenvalue weighted by Gasteiger charge is 2.03. The van der Waals surface area contributed by atoms with Crippen molar-refractivity contribution >= 4 is 0 Å². The average molecular weight is 248 g/mol. The molecule has 0 amide bonds. The van der Waals surface area contributed by atoms with Crippen LogP contribution in [-0.2, 0) is 6.61 Å². The average Bonchev–Trinajstić information content (AvgIpc) is 2.29. The standard InChI is InChI=1S/C15H14F2O/c1-10-3-4-11(2)15(5-10)18-9-12-6-13(16)8-14(17)7-12/h3-8H,9H2,1-2H3. The number of aryl methyl sites for hydroxylation is 2. The predicted molar refractivity (Wildman–Crippen MR) is 66.6 cm³/mol. The summed E-state index contributed by atoms with van der Waals surface area (Å²) >= 11 is 0. The van der Waals surface area contributed by atoms with E-state index in [1.165, 1.54) is 12.1 Å². The lowest BCUT2D eigenvalue weighted by Gasteiger charge is -2.10. The Bertz CT molecular complexity index is 544. The van der Waals surface area contributed by atoms with E-state index in [-0.39, 0.29) is 6.61 Å². The lowest BCUT2D eigenvalue weighted by molar-refractivity contribution is 0.302. The minimum Gasteiger partial charge on any atom is -0.489 e. The Hall–Kier alpha value is -1.90. The Morgan fingerprint density at radius 2 is 1.61 bits per heavy atom. The van der Waals surface area contributed by atoms with Crippen LogP contribution in [0.2, 0.25) is 0 Å². The van der Waals surface area contributed by atoms with Crippen LogP contribution < -0.4 is 4.74 Å². The van der Waals surface area contributed by atoms with Gasteiger partial charge in [-0.05, 0) is 48.7 Å². The molecule has 0 N–H and O–H groups in total. The number of hydrogen-bond donors (Lipinski definition) is 0. The second-order valence-corrected chi connectivity index (χ2v) is 4.34. The molecular weight excluding hydrogens is 234 g/mol. The normalized spacial score (nSPS) is 10.4. The fraction of sp³-hybridized carbons (Fsp3) is 0.200. The van der Waals surface area contributed by atoms with E-state index in [4.69, 9.17) is 4.74 Å². The summed E-state index contributed by atoms with van der Waals surface area (Å²) in [5, 5.41) is 0. The van der Waals surface area contributed by atoms with Crippen molar-refractivity contribution in [3.8, 4) is 5.75 Å². The minimum atomic E-state index is -0.588. The molecule has 2 aromatic carbocycles. The summed E-state index contributed by atoms with van der Waals surface area (Å²) in [5.41, 5.74) is 2.56. The Kier molecular flexibility index (Phi) is 3.60. The van der Waals surface area contributed by atoms with Crippen LogP contribution in [0.5, 0.6) is 5.75 Å². The largest absolute Gasteiger partial charge is 0.489 e. The summed E-state index contributed by atoms with van der Waals surface area (Å²) in [6.45, 7) is 4.05. The number of ether oxygens (including phenoxy) is 1. The van der Waals surface area contributed by atoms with Gasteiger partial charge in [0, 0.05) is 6.07 Å². The monoisotopic (exact) mass is 248 g/mol. The van der Waals surface area contributed by atoms with Crippen LogP contribution in [0.25, 0.3) is 0 Å². The van der Waals surface area contributed by atoms with E-state index in [0.717, 1.165) is 22.9 Å². The molecule has 0 aliphatic carbocycles. The van der Waals surface area contributed by atoms with Gasteiger partial charge >= 0.3 is 0 Å². The molecule has 0 aromatic heterocycles. The highest BCUT2D eigenvalue weighted by Crippen LogP contribution is 2.20. The second-order valence-electron chi connectivity index (χ2n) is 4.34. The van der Waals surface area contributed by atoms with E-state index in [2.05, 4.69) is 0 Å². The smallest absolute Gasteiger partial charge is 0.126 e. The van der Waals surface area contributed by atoms with Crippen LogP contribution in [0.1, 0.15) is 16.7 Å². The Morgan fingerprint density at radius 1 is 0.944 bits per heavy atom. The van der Waals surface area contributed by atoms with Crippen molar-refractivity contribution in [2.75, 3.05) is 0 Å². The van der Waals surface area contributed by atoms with Crippen LogP contribution >= 0.6 is 0 Å². The zero-order valence-corrected chi connectivity index (χ0v) is 10.3. The molecule has 2 aromatic rings. The van der Waals surface area contributed by atoms with Crippen LogP contribution in [0.3, 0.4) is 0 Å². The third-order valence-corrected chi connectivity index (χ3v) is 2.66.